The maximum atomic E-state index is 12.5. The number of benzene rings is 1. The van der Waals surface area contributed by atoms with E-state index < -0.39 is 0 Å². The first kappa shape index (κ1) is 20.9. The Balaban J connectivity index is 1.41. The predicted molar refractivity (Wildman–Crippen MR) is 116 cm³/mol. The molecule has 0 fully saturated rings. The summed E-state index contributed by atoms with van der Waals surface area (Å²) in [5.41, 5.74) is 2.21. The van der Waals surface area contributed by atoms with Gasteiger partial charge in [-0.1, -0.05) is 29.4 Å². The largest absolute Gasteiger partial charge is 0.462 e. The highest BCUT2D eigenvalue weighted by molar-refractivity contribution is 7.99. The standard InChI is InChI=1S/C20H18ClN3O4S2/c1-2-27-19(26)16-13-7-4-8-14(13)30-18(16)22-15(25)10-29-20-24-23-17(28-20)11-5-3-6-12(21)9-11/h3,5-6,9H,2,4,7-8,10H2,1H3,(H,22,25). The molecule has 0 spiro atoms. The zero-order valence-corrected chi connectivity index (χ0v) is 18.5. The number of carbonyl (C=O) groups excluding carboxylic acids is 2. The number of hydrogen-bond acceptors (Lipinski definition) is 8. The summed E-state index contributed by atoms with van der Waals surface area (Å²) in [5, 5.41) is 12.2. The van der Waals surface area contributed by atoms with Gasteiger partial charge in [-0.3, -0.25) is 4.79 Å². The van der Waals surface area contributed by atoms with Gasteiger partial charge in [0.25, 0.3) is 5.22 Å². The van der Waals surface area contributed by atoms with Crippen molar-refractivity contribution in [1.29, 1.82) is 0 Å². The first-order chi connectivity index (χ1) is 14.5. The molecule has 0 bridgehead atoms. The number of esters is 1. The van der Waals surface area contributed by atoms with Crippen molar-refractivity contribution in [2.24, 2.45) is 0 Å². The molecule has 0 radical (unpaired) electrons. The van der Waals surface area contributed by atoms with Crippen LogP contribution < -0.4 is 5.32 Å². The van der Waals surface area contributed by atoms with Gasteiger partial charge in [0.2, 0.25) is 11.8 Å². The highest BCUT2D eigenvalue weighted by Crippen LogP contribution is 2.39. The molecular weight excluding hydrogens is 446 g/mol. The van der Waals surface area contributed by atoms with Crippen molar-refractivity contribution in [1.82, 2.24) is 10.2 Å². The number of nitrogens with zero attached hydrogens (tertiary/aromatic N) is 2. The van der Waals surface area contributed by atoms with E-state index in [4.69, 9.17) is 20.8 Å². The molecule has 3 aromatic rings. The number of halogens is 1. The maximum absolute atomic E-state index is 12.5. The molecule has 156 valence electrons. The fraction of sp³-hybridized carbons (Fsp3) is 0.300. The topological polar surface area (TPSA) is 94.3 Å². The van der Waals surface area contributed by atoms with E-state index >= 15 is 0 Å². The highest BCUT2D eigenvalue weighted by atomic mass is 35.5. The summed E-state index contributed by atoms with van der Waals surface area (Å²) in [6.45, 7) is 2.06. The van der Waals surface area contributed by atoms with Crippen LogP contribution in [-0.4, -0.2) is 34.4 Å². The summed E-state index contributed by atoms with van der Waals surface area (Å²) >= 11 is 8.56. The third kappa shape index (κ3) is 4.53. The van der Waals surface area contributed by atoms with Crippen LogP contribution in [0.4, 0.5) is 5.00 Å². The van der Waals surface area contributed by atoms with Crippen molar-refractivity contribution in [3.8, 4) is 11.5 Å². The number of ether oxygens (including phenoxy) is 1. The first-order valence-corrected chi connectivity index (χ1v) is 11.6. The number of anilines is 1. The average molecular weight is 464 g/mol. The number of aryl methyl sites for hydroxylation is 1. The number of rotatable bonds is 7. The van der Waals surface area contributed by atoms with Crippen LogP contribution in [0.1, 0.15) is 34.1 Å². The molecule has 1 aromatic carbocycles. The van der Waals surface area contributed by atoms with Crippen molar-refractivity contribution in [2.75, 3.05) is 17.7 Å². The van der Waals surface area contributed by atoms with Crippen molar-refractivity contribution in [2.45, 2.75) is 31.4 Å². The Hall–Kier alpha value is -2.36. The van der Waals surface area contributed by atoms with E-state index in [1.807, 2.05) is 6.07 Å². The van der Waals surface area contributed by atoms with Crippen LogP contribution in [0.15, 0.2) is 33.9 Å². The zero-order valence-electron chi connectivity index (χ0n) is 16.1. The molecule has 4 rings (SSSR count). The summed E-state index contributed by atoms with van der Waals surface area (Å²) in [6, 6.07) is 7.09. The Morgan fingerprint density at radius 1 is 1.33 bits per heavy atom. The maximum Gasteiger partial charge on any atom is 0.341 e. The van der Waals surface area contributed by atoms with Crippen LogP contribution in [0.2, 0.25) is 5.02 Å². The summed E-state index contributed by atoms with van der Waals surface area (Å²) in [6.07, 6.45) is 2.77. The fourth-order valence-electron chi connectivity index (χ4n) is 3.21. The van der Waals surface area contributed by atoms with E-state index in [2.05, 4.69) is 15.5 Å². The lowest BCUT2D eigenvalue weighted by Crippen LogP contribution is -2.16. The Bertz CT molecular complexity index is 1100. The number of hydrogen-bond donors (Lipinski definition) is 1. The number of carbonyl (C=O) groups is 2. The van der Waals surface area contributed by atoms with Crippen LogP contribution in [-0.2, 0) is 22.4 Å². The fourth-order valence-corrected chi connectivity index (χ4v) is 5.25. The Kier molecular flexibility index (Phi) is 6.40. The van der Waals surface area contributed by atoms with Gasteiger partial charge in [-0.25, -0.2) is 4.79 Å². The van der Waals surface area contributed by atoms with Crippen molar-refractivity contribution >= 4 is 51.6 Å². The highest BCUT2D eigenvalue weighted by Gasteiger charge is 2.28. The molecule has 0 saturated carbocycles. The number of fused-ring (bicyclic) bond motifs is 1. The Morgan fingerprint density at radius 3 is 3.00 bits per heavy atom. The van der Waals surface area contributed by atoms with Gasteiger partial charge < -0.3 is 14.5 Å². The van der Waals surface area contributed by atoms with Crippen LogP contribution >= 0.6 is 34.7 Å². The molecule has 1 N–H and O–H groups in total. The lowest BCUT2D eigenvalue weighted by atomic mass is 10.1. The van der Waals surface area contributed by atoms with Crippen LogP contribution in [0.5, 0.6) is 0 Å². The Labute approximate surface area is 186 Å². The lowest BCUT2D eigenvalue weighted by Gasteiger charge is -2.07. The molecule has 1 aliphatic carbocycles. The summed E-state index contributed by atoms with van der Waals surface area (Å²) in [4.78, 5) is 26.0. The molecule has 2 aromatic heterocycles. The van der Waals surface area contributed by atoms with Gasteiger partial charge >= 0.3 is 5.97 Å². The first-order valence-electron chi connectivity index (χ1n) is 9.39. The predicted octanol–water partition coefficient (Wildman–Crippen LogP) is 4.85. The van der Waals surface area contributed by atoms with Crippen LogP contribution in [0, 0.1) is 0 Å². The number of nitrogens with one attached hydrogen (secondary N) is 1. The molecule has 30 heavy (non-hydrogen) atoms. The minimum Gasteiger partial charge on any atom is -0.462 e. The number of thiophene rings is 1. The smallest absolute Gasteiger partial charge is 0.341 e. The van der Waals surface area contributed by atoms with Gasteiger partial charge in [-0.2, -0.15) is 0 Å². The van der Waals surface area contributed by atoms with E-state index in [-0.39, 0.29) is 22.9 Å². The molecule has 1 aliphatic rings. The van der Waals surface area contributed by atoms with Gasteiger partial charge in [-0.05, 0) is 49.9 Å². The van der Waals surface area contributed by atoms with Gasteiger partial charge in [-0.15, -0.1) is 21.5 Å². The summed E-state index contributed by atoms with van der Waals surface area (Å²) in [5.74, 6) is -0.238. The van der Waals surface area contributed by atoms with E-state index in [0.29, 0.717) is 33.6 Å². The summed E-state index contributed by atoms with van der Waals surface area (Å²) < 4.78 is 10.8. The molecule has 0 atom stereocenters. The number of aromatic nitrogens is 2. The molecule has 0 saturated heterocycles. The van der Waals surface area contributed by atoms with E-state index in [0.717, 1.165) is 41.5 Å². The molecule has 1 amide bonds. The zero-order chi connectivity index (χ0) is 21.1. The van der Waals surface area contributed by atoms with Gasteiger partial charge in [0.05, 0.1) is 17.9 Å². The lowest BCUT2D eigenvalue weighted by molar-refractivity contribution is -0.113. The van der Waals surface area contributed by atoms with Crippen molar-refractivity contribution in [3.63, 3.8) is 0 Å². The van der Waals surface area contributed by atoms with Crippen molar-refractivity contribution in [3.05, 3.63) is 45.3 Å². The Morgan fingerprint density at radius 2 is 2.20 bits per heavy atom. The third-order valence-corrected chi connectivity index (χ3v) is 6.72. The van der Waals surface area contributed by atoms with E-state index in [1.54, 1.807) is 25.1 Å². The molecule has 0 unspecified atom stereocenters. The third-order valence-electron chi connectivity index (χ3n) is 4.46. The number of thioether (sulfide) groups is 1. The van der Waals surface area contributed by atoms with Gasteiger partial charge in [0, 0.05) is 15.5 Å². The second kappa shape index (κ2) is 9.20. The average Bonchev–Trinajstić information content (AvgIpc) is 3.42. The minimum absolute atomic E-state index is 0.0714. The SMILES string of the molecule is CCOC(=O)c1c(NC(=O)CSc2nnc(-c3cccc(Cl)c3)o2)sc2c1CCC2. The van der Waals surface area contributed by atoms with Crippen molar-refractivity contribution < 1.29 is 18.7 Å². The van der Waals surface area contributed by atoms with Crippen LogP contribution in [0.25, 0.3) is 11.5 Å². The van der Waals surface area contributed by atoms with Gasteiger partial charge in [0.1, 0.15) is 5.00 Å². The molecular formula is C20H18ClN3O4S2. The second-order valence-electron chi connectivity index (χ2n) is 6.50. The van der Waals surface area contributed by atoms with Gasteiger partial charge in [0.15, 0.2) is 0 Å². The monoisotopic (exact) mass is 463 g/mol. The molecule has 0 aliphatic heterocycles. The molecule has 10 heteroatoms. The normalized spacial score (nSPS) is 12.6. The van der Waals surface area contributed by atoms with E-state index in [9.17, 15) is 9.59 Å². The summed E-state index contributed by atoms with van der Waals surface area (Å²) in [7, 11) is 0. The minimum atomic E-state index is -0.386. The molecule has 7 nitrogen and oxygen atoms in total. The molecule has 2 heterocycles. The van der Waals surface area contributed by atoms with Crippen LogP contribution in [0.3, 0.4) is 0 Å². The van der Waals surface area contributed by atoms with E-state index in [1.165, 1.54) is 11.3 Å². The second-order valence-corrected chi connectivity index (χ2v) is 8.97. The number of amides is 1. The quantitative estimate of drug-likeness (QED) is 0.395.